The van der Waals surface area contributed by atoms with Gasteiger partial charge in [0.05, 0.1) is 45.2 Å². The molecule has 4 heterocycles. The Balaban J connectivity index is 1.35. The Hall–Kier alpha value is -2.16. The molecule has 15 N–H and O–H groups in total. The first kappa shape index (κ1) is 75.3. The molecule has 0 aromatic carbocycles. The number of ether oxygens (including phenoxy) is 8. The first-order valence-electron chi connectivity index (χ1n) is 31.9. The molecule has 0 aromatic heterocycles. The molecule has 0 bridgehead atoms. The average molecular weight is 1230 g/mol. The van der Waals surface area contributed by atoms with Gasteiger partial charge in [-0.15, -0.1) is 0 Å². The van der Waals surface area contributed by atoms with Crippen LogP contribution >= 0.6 is 0 Å². The van der Waals surface area contributed by atoms with Gasteiger partial charge in [0.25, 0.3) is 0 Å². The van der Waals surface area contributed by atoms with Crippen LogP contribution in [0, 0.1) is 0 Å². The van der Waals surface area contributed by atoms with Crippen molar-refractivity contribution >= 4 is 11.8 Å². The summed E-state index contributed by atoms with van der Waals surface area (Å²) in [4.78, 5) is 25.4. The molecule has 4 fully saturated rings. The van der Waals surface area contributed by atoms with Crippen molar-refractivity contribution in [1.29, 1.82) is 0 Å². The lowest BCUT2D eigenvalue weighted by Gasteiger charge is -2.49. The molecule has 0 aliphatic carbocycles. The molecule has 0 radical (unpaired) electrons. The number of carbonyl (C=O) groups excluding carboxylic acids is 2. The van der Waals surface area contributed by atoms with E-state index in [9.17, 15) is 76.0 Å². The minimum absolute atomic E-state index is 0.218. The summed E-state index contributed by atoms with van der Waals surface area (Å²) < 4.78 is 46.4. The Morgan fingerprint density at radius 1 is 0.459 bits per heavy atom. The molecular weight excluding hydrogens is 1120 g/mol. The summed E-state index contributed by atoms with van der Waals surface area (Å²) in [6, 6.07) is -2.53. The second kappa shape index (κ2) is 42.0. The lowest BCUT2D eigenvalue weighted by molar-refractivity contribution is -0.386. The van der Waals surface area contributed by atoms with Crippen molar-refractivity contribution in [2.45, 2.75) is 323 Å². The molecular formula is C60H110N2O23. The molecule has 0 saturated carbocycles. The Morgan fingerprint density at radius 2 is 0.859 bits per heavy atom. The largest absolute Gasteiger partial charge is 0.394 e. The second-order valence-electron chi connectivity index (χ2n) is 23.6. The van der Waals surface area contributed by atoms with E-state index in [1.807, 2.05) is 6.08 Å². The van der Waals surface area contributed by atoms with Crippen LogP contribution in [0.25, 0.3) is 0 Å². The highest BCUT2D eigenvalue weighted by atomic mass is 16.8. The minimum Gasteiger partial charge on any atom is -0.394 e. The van der Waals surface area contributed by atoms with Crippen LogP contribution in [0.2, 0.25) is 0 Å². The average Bonchev–Trinajstić information content (AvgIpc) is 1.93. The normalized spacial score (nSPS) is 34.4. The van der Waals surface area contributed by atoms with Crippen molar-refractivity contribution in [3.05, 3.63) is 12.2 Å². The molecule has 2 amide bonds. The number of hydrogen-bond donors (Lipinski definition) is 15. The summed E-state index contributed by atoms with van der Waals surface area (Å²) >= 11 is 0. The van der Waals surface area contributed by atoms with Crippen LogP contribution < -0.4 is 10.6 Å². The Labute approximate surface area is 502 Å². The van der Waals surface area contributed by atoms with Gasteiger partial charge in [-0.1, -0.05) is 167 Å². The van der Waals surface area contributed by atoms with Crippen molar-refractivity contribution in [2.24, 2.45) is 0 Å². The van der Waals surface area contributed by atoms with Gasteiger partial charge >= 0.3 is 0 Å². The van der Waals surface area contributed by atoms with Gasteiger partial charge in [-0.25, -0.2) is 0 Å². The SMILES string of the molecule is CCCCCCCCCCCCCC=C[C@@H](O)[C@H](CO[C@@H]1O[C@H](CO)[C@@H](O[C@@H]2O[C@H](CO)[C@H](O[C@H]3O[C@H](CO)[C@H](O)[C@H](O[C@@H]4O[C@H](CO)[C@H](O)[C@H](O)[C@H]4NC(C)=O)[C@H]3O)[C@H](O)[C@H]2O)[C@H](O)C1O)NC(=O)CCCCCCCCCCCCCCC. The standard InChI is InChI=1S/C60H110N2O23/c1-4-6-8-10-12-14-16-18-20-22-24-26-28-30-39(68)38(62-44(69)31-29-27-25-23-21-19-17-15-13-11-9-7-5-2)36-78-58-51(75)49(73)54(42(34-65)81-58)83-59-52(76)50(74)55(43(35-66)82-59)84-60-53(77)56(47(71)41(33-64)80-60)85-57-45(61-37(3)67)48(72)46(70)40(32-63)79-57/h28,30,38-43,45-60,63-66,68,70-77H,4-27,29,31-36H2,1-3H3,(H,61,67)(H,62,69)/t38-,39+,40+,41+,42+,43+,45+,46-,47-,48+,49+,50+,51?,52+,53+,54+,55-,56-,57-,58+,59-,60+/m0/s1. The topological polar surface area (TPSA) is 395 Å². The highest BCUT2D eigenvalue weighted by molar-refractivity contribution is 5.76. The van der Waals surface area contributed by atoms with Crippen molar-refractivity contribution in [1.82, 2.24) is 10.6 Å². The lowest BCUT2D eigenvalue weighted by atomic mass is 9.95. The van der Waals surface area contributed by atoms with Crippen LogP contribution in [-0.4, -0.2) is 246 Å². The summed E-state index contributed by atoms with van der Waals surface area (Å²) in [6.45, 7) is 1.60. The molecule has 25 nitrogen and oxygen atoms in total. The minimum atomic E-state index is -2.09. The molecule has 25 heteroatoms. The number of rotatable bonds is 43. The third-order valence-electron chi connectivity index (χ3n) is 16.6. The first-order chi connectivity index (χ1) is 41.0. The summed E-state index contributed by atoms with van der Waals surface area (Å²) in [7, 11) is 0. The molecule has 0 spiro atoms. The van der Waals surface area contributed by atoms with Crippen LogP contribution in [0.4, 0.5) is 0 Å². The van der Waals surface area contributed by atoms with E-state index in [-0.39, 0.29) is 12.3 Å². The predicted molar refractivity (Wildman–Crippen MR) is 308 cm³/mol. The second-order valence-corrected chi connectivity index (χ2v) is 23.6. The Bertz CT molecular complexity index is 1790. The zero-order valence-corrected chi connectivity index (χ0v) is 50.7. The maximum Gasteiger partial charge on any atom is 0.220 e. The maximum atomic E-state index is 13.3. The molecule has 85 heavy (non-hydrogen) atoms. The molecule has 1 unspecified atom stereocenters. The fourth-order valence-corrected chi connectivity index (χ4v) is 11.4. The molecule has 4 aliphatic heterocycles. The van der Waals surface area contributed by atoms with Gasteiger partial charge in [0.15, 0.2) is 25.2 Å². The van der Waals surface area contributed by atoms with Gasteiger partial charge in [0.1, 0.15) is 97.6 Å². The summed E-state index contributed by atoms with van der Waals surface area (Å²) in [5.74, 6) is -1.00. The number of hydrogen-bond acceptors (Lipinski definition) is 23. The van der Waals surface area contributed by atoms with Gasteiger partial charge in [0, 0.05) is 13.3 Å². The van der Waals surface area contributed by atoms with Gasteiger partial charge in [-0.2, -0.15) is 0 Å². The highest BCUT2D eigenvalue weighted by Gasteiger charge is 2.56. The summed E-state index contributed by atoms with van der Waals surface area (Å²) in [5, 5.41) is 147. The van der Waals surface area contributed by atoms with Crippen molar-refractivity contribution in [2.75, 3.05) is 33.0 Å². The Morgan fingerprint density at radius 3 is 1.34 bits per heavy atom. The molecule has 4 rings (SSSR count). The molecule has 4 saturated heterocycles. The molecule has 4 aliphatic rings. The van der Waals surface area contributed by atoms with Crippen molar-refractivity contribution < 1.29 is 114 Å². The van der Waals surface area contributed by atoms with Gasteiger partial charge < -0.3 is 115 Å². The van der Waals surface area contributed by atoms with Gasteiger partial charge in [-0.3, -0.25) is 9.59 Å². The third kappa shape index (κ3) is 24.9. The number of aliphatic hydroxyl groups excluding tert-OH is 13. The van der Waals surface area contributed by atoms with Crippen molar-refractivity contribution in [3.63, 3.8) is 0 Å². The number of allylic oxidation sites excluding steroid dienone is 1. The third-order valence-corrected chi connectivity index (χ3v) is 16.6. The van der Waals surface area contributed by atoms with E-state index in [1.165, 1.54) is 103 Å². The van der Waals surface area contributed by atoms with E-state index in [0.29, 0.717) is 12.8 Å². The quantitative estimate of drug-likeness (QED) is 0.0299. The van der Waals surface area contributed by atoms with E-state index < -0.39 is 174 Å². The number of amides is 2. The smallest absolute Gasteiger partial charge is 0.220 e. The number of carbonyl (C=O) groups is 2. The van der Waals surface area contributed by atoms with Crippen LogP contribution in [0.1, 0.15) is 188 Å². The highest BCUT2D eigenvalue weighted by Crippen LogP contribution is 2.35. The molecule has 22 atom stereocenters. The van der Waals surface area contributed by atoms with E-state index in [4.69, 9.17) is 37.9 Å². The van der Waals surface area contributed by atoms with Gasteiger partial charge in [-0.05, 0) is 19.3 Å². The van der Waals surface area contributed by atoms with Crippen LogP contribution in [0.3, 0.4) is 0 Å². The monoisotopic (exact) mass is 1230 g/mol. The molecule has 0 aromatic rings. The number of unbranched alkanes of at least 4 members (excludes halogenated alkanes) is 23. The van der Waals surface area contributed by atoms with E-state index in [1.54, 1.807) is 6.08 Å². The summed E-state index contributed by atoms with van der Waals surface area (Å²) in [5.41, 5.74) is 0. The van der Waals surface area contributed by atoms with Crippen LogP contribution in [0.15, 0.2) is 12.2 Å². The fourth-order valence-electron chi connectivity index (χ4n) is 11.4. The van der Waals surface area contributed by atoms with Crippen LogP contribution in [-0.2, 0) is 47.5 Å². The van der Waals surface area contributed by atoms with Crippen molar-refractivity contribution in [3.8, 4) is 0 Å². The zero-order valence-electron chi connectivity index (χ0n) is 50.7. The maximum absolute atomic E-state index is 13.3. The first-order valence-corrected chi connectivity index (χ1v) is 31.9. The lowest BCUT2D eigenvalue weighted by Crippen LogP contribution is -2.69. The van der Waals surface area contributed by atoms with Crippen LogP contribution in [0.5, 0.6) is 0 Å². The fraction of sp³-hybridized carbons (Fsp3) is 0.933. The van der Waals surface area contributed by atoms with E-state index in [0.717, 1.165) is 51.9 Å². The van der Waals surface area contributed by atoms with Gasteiger partial charge in [0.2, 0.25) is 11.8 Å². The van der Waals surface area contributed by atoms with E-state index >= 15 is 0 Å². The predicted octanol–water partition coefficient (Wildman–Crippen LogP) is 1.00. The number of aliphatic hydroxyl groups is 13. The molecule has 498 valence electrons. The Kier molecular flexibility index (Phi) is 37.2. The summed E-state index contributed by atoms with van der Waals surface area (Å²) in [6.07, 6.45) is -2.78. The van der Waals surface area contributed by atoms with E-state index in [2.05, 4.69) is 24.5 Å². The zero-order chi connectivity index (χ0) is 62.3. The number of nitrogens with one attached hydrogen (secondary N) is 2.